The normalized spacial score (nSPS) is 23.9. The number of nitrogens with one attached hydrogen (secondary N) is 2. The van der Waals surface area contributed by atoms with Crippen molar-refractivity contribution in [3.05, 3.63) is 29.6 Å². The molecular formula is C21H33N3O. The first-order valence-corrected chi connectivity index (χ1v) is 9.65. The van der Waals surface area contributed by atoms with E-state index in [1.165, 1.54) is 18.4 Å². The van der Waals surface area contributed by atoms with Crippen LogP contribution in [0.1, 0.15) is 77.1 Å². The number of nitrogens with zero attached hydrogens (tertiary/aromatic N) is 1. The topological polar surface area (TPSA) is 54.0 Å². The molecule has 1 aromatic heterocycles. The zero-order chi connectivity index (χ0) is 18.2. The van der Waals surface area contributed by atoms with Gasteiger partial charge >= 0.3 is 0 Å². The molecule has 0 aromatic carbocycles. The second-order valence-corrected chi connectivity index (χ2v) is 9.46. The quantitative estimate of drug-likeness (QED) is 0.852. The number of piperidine rings is 1. The maximum absolute atomic E-state index is 12.8. The van der Waals surface area contributed by atoms with Gasteiger partial charge in [-0.1, -0.05) is 6.07 Å². The lowest BCUT2D eigenvalue weighted by molar-refractivity contribution is -0.123. The van der Waals surface area contributed by atoms with Crippen LogP contribution in [0.15, 0.2) is 18.3 Å². The molecule has 0 radical (unpaired) electrons. The number of aryl methyl sites for hydroxylation is 1. The van der Waals surface area contributed by atoms with Gasteiger partial charge in [0, 0.05) is 23.7 Å². The van der Waals surface area contributed by atoms with Gasteiger partial charge in [-0.05, 0) is 83.8 Å². The Balaban J connectivity index is 1.66. The van der Waals surface area contributed by atoms with Crippen LogP contribution in [0.25, 0.3) is 0 Å². The lowest BCUT2D eigenvalue weighted by atomic mass is 9.74. The largest absolute Gasteiger partial charge is 0.347 e. The van der Waals surface area contributed by atoms with E-state index in [9.17, 15) is 4.79 Å². The SMILES string of the molecule is Cc1cccnc1[C@H](NC(=O)CC1CC(C)(C)NC(C)(C)C1)C1CC1. The number of carbonyl (C=O) groups is 1. The first kappa shape index (κ1) is 18.4. The number of hydrogen-bond donors (Lipinski definition) is 2. The number of carbonyl (C=O) groups excluding carboxylic acids is 1. The second kappa shape index (κ2) is 6.71. The molecule has 1 aliphatic heterocycles. The third kappa shape index (κ3) is 4.81. The van der Waals surface area contributed by atoms with Gasteiger partial charge in [0.25, 0.3) is 0 Å². The van der Waals surface area contributed by atoms with E-state index in [0.29, 0.717) is 18.3 Å². The summed E-state index contributed by atoms with van der Waals surface area (Å²) in [6, 6.07) is 4.13. The van der Waals surface area contributed by atoms with Gasteiger partial charge < -0.3 is 10.6 Å². The molecule has 0 unspecified atom stereocenters. The van der Waals surface area contributed by atoms with Crippen LogP contribution in [0.2, 0.25) is 0 Å². The highest BCUT2D eigenvalue weighted by atomic mass is 16.1. The summed E-state index contributed by atoms with van der Waals surface area (Å²) in [4.78, 5) is 17.4. The summed E-state index contributed by atoms with van der Waals surface area (Å²) in [5.41, 5.74) is 2.38. The van der Waals surface area contributed by atoms with Crippen LogP contribution in [0.5, 0.6) is 0 Å². The Morgan fingerprint density at radius 1 is 1.28 bits per heavy atom. The summed E-state index contributed by atoms with van der Waals surface area (Å²) >= 11 is 0. The molecule has 25 heavy (non-hydrogen) atoms. The van der Waals surface area contributed by atoms with E-state index in [1.807, 2.05) is 12.3 Å². The molecule has 4 heteroatoms. The van der Waals surface area contributed by atoms with Crippen molar-refractivity contribution < 1.29 is 4.79 Å². The molecule has 1 saturated heterocycles. The van der Waals surface area contributed by atoms with Gasteiger partial charge in [-0.15, -0.1) is 0 Å². The monoisotopic (exact) mass is 343 g/mol. The standard InChI is InChI=1S/C21H33N3O/c1-14-7-6-10-22-18(14)19(16-8-9-16)23-17(25)11-15-12-20(2,3)24-21(4,5)13-15/h6-7,10,15-16,19,24H,8-9,11-13H2,1-5H3,(H,23,25)/t19-/m1/s1. The molecule has 2 N–H and O–H groups in total. The minimum atomic E-state index is 0.0800. The predicted molar refractivity (Wildman–Crippen MR) is 101 cm³/mol. The van der Waals surface area contributed by atoms with Crippen LogP contribution >= 0.6 is 0 Å². The van der Waals surface area contributed by atoms with Gasteiger partial charge in [0.2, 0.25) is 5.91 Å². The fraction of sp³-hybridized carbons (Fsp3) is 0.714. The summed E-state index contributed by atoms with van der Waals surface area (Å²) < 4.78 is 0. The van der Waals surface area contributed by atoms with E-state index in [0.717, 1.165) is 18.5 Å². The highest BCUT2D eigenvalue weighted by molar-refractivity contribution is 5.76. The Kier molecular flexibility index (Phi) is 4.93. The van der Waals surface area contributed by atoms with Crippen molar-refractivity contribution in [1.82, 2.24) is 15.6 Å². The van der Waals surface area contributed by atoms with E-state index in [2.05, 4.69) is 56.3 Å². The molecule has 1 saturated carbocycles. The average molecular weight is 344 g/mol. The average Bonchev–Trinajstić information content (AvgIpc) is 3.26. The molecule has 0 spiro atoms. The fourth-order valence-corrected chi connectivity index (χ4v) is 4.84. The molecule has 2 heterocycles. The highest BCUT2D eigenvalue weighted by Crippen LogP contribution is 2.41. The lowest BCUT2D eigenvalue weighted by Crippen LogP contribution is -2.58. The van der Waals surface area contributed by atoms with Gasteiger partial charge in [-0.2, -0.15) is 0 Å². The first-order valence-electron chi connectivity index (χ1n) is 9.65. The molecule has 2 fully saturated rings. The van der Waals surface area contributed by atoms with E-state index >= 15 is 0 Å². The Hall–Kier alpha value is -1.42. The Labute approximate surface area is 152 Å². The van der Waals surface area contributed by atoms with Gasteiger partial charge in [0.1, 0.15) is 0 Å². The van der Waals surface area contributed by atoms with Gasteiger partial charge in [-0.25, -0.2) is 0 Å². The predicted octanol–water partition coefficient (Wildman–Crippen LogP) is 3.90. The van der Waals surface area contributed by atoms with Crippen molar-refractivity contribution in [1.29, 1.82) is 0 Å². The zero-order valence-electron chi connectivity index (χ0n) is 16.4. The van der Waals surface area contributed by atoms with Gasteiger partial charge in [0.15, 0.2) is 0 Å². The summed E-state index contributed by atoms with van der Waals surface area (Å²) in [7, 11) is 0. The van der Waals surface area contributed by atoms with Crippen LogP contribution in [0, 0.1) is 18.8 Å². The van der Waals surface area contributed by atoms with E-state index < -0.39 is 0 Å². The second-order valence-electron chi connectivity index (χ2n) is 9.46. The molecule has 1 atom stereocenters. The molecular weight excluding hydrogens is 310 g/mol. The smallest absolute Gasteiger partial charge is 0.220 e. The van der Waals surface area contributed by atoms with Crippen LogP contribution in [-0.4, -0.2) is 22.0 Å². The number of amides is 1. The minimum Gasteiger partial charge on any atom is -0.347 e. The number of pyridine rings is 1. The van der Waals surface area contributed by atoms with Crippen LogP contribution in [-0.2, 0) is 4.79 Å². The minimum absolute atomic E-state index is 0.0800. The molecule has 2 aliphatic rings. The fourth-order valence-electron chi connectivity index (χ4n) is 4.84. The number of hydrogen-bond acceptors (Lipinski definition) is 3. The number of rotatable bonds is 5. The maximum Gasteiger partial charge on any atom is 0.220 e. The highest BCUT2D eigenvalue weighted by Gasteiger charge is 2.39. The van der Waals surface area contributed by atoms with Crippen molar-refractivity contribution in [2.75, 3.05) is 0 Å². The molecule has 1 aliphatic carbocycles. The molecule has 4 nitrogen and oxygen atoms in total. The summed E-state index contributed by atoms with van der Waals surface area (Å²) in [6.45, 7) is 11.0. The van der Waals surface area contributed by atoms with Crippen molar-refractivity contribution in [3.8, 4) is 0 Å². The Bertz CT molecular complexity index is 618. The molecule has 3 rings (SSSR count). The Morgan fingerprint density at radius 3 is 2.48 bits per heavy atom. The van der Waals surface area contributed by atoms with Crippen molar-refractivity contribution in [3.63, 3.8) is 0 Å². The van der Waals surface area contributed by atoms with Crippen molar-refractivity contribution in [2.24, 2.45) is 11.8 Å². The zero-order valence-corrected chi connectivity index (χ0v) is 16.4. The number of aromatic nitrogens is 1. The van der Waals surface area contributed by atoms with Crippen molar-refractivity contribution in [2.45, 2.75) is 83.8 Å². The molecule has 1 amide bonds. The maximum atomic E-state index is 12.8. The van der Waals surface area contributed by atoms with Crippen LogP contribution in [0.4, 0.5) is 0 Å². The Morgan fingerprint density at radius 2 is 1.92 bits per heavy atom. The summed E-state index contributed by atoms with van der Waals surface area (Å²) in [5, 5.41) is 7.01. The summed E-state index contributed by atoms with van der Waals surface area (Å²) in [5.74, 6) is 1.16. The molecule has 0 bridgehead atoms. The molecule has 1 aromatic rings. The van der Waals surface area contributed by atoms with Crippen molar-refractivity contribution >= 4 is 5.91 Å². The third-order valence-corrected chi connectivity index (χ3v) is 5.50. The first-order chi connectivity index (χ1) is 11.7. The summed E-state index contributed by atoms with van der Waals surface area (Å²) in [6.07, 6.45) is 6.91. The van der Waals surface area contributed by atoms with E-state index in [-0.39, 0.29) is 23.0 Å². The lowest BCUT2D eigenvalue weighted by Gasteiger charge is -2.46. The van der Waals surface area contributed by atoms with Gasteiger partial charge in [0.05, 0.1) is 11.7 Å². The third-order valence-electron chi connectivity index (χ3n) is 5.50. The van der Waals surface area contributed by atoms with Crippen LogP contribution in [0.3, 0.4) is 0 Å². The van der Waals surface area contributed by atoms with Gasteiger partial charge in [-0.3, -0.25) is 9.78 Å². The van der Waals surface area contributed by atoms with Crippen LogP contribution < -0.4 is 10.6 Å². The van der Waals surface area contributed by atoms with E-state index in [1.54, 1.807) is 0 Å². The molecule has 138 valence electrons. The van der Waals surface area contributed by atoms with E-state index in [4.69, 9.17) is 0 Å².